The summed E-state index contributed by atoms with van der Waals surface area (Å²) in [5.41, 5.74) is 0.135. The summed E-state index contributed by atoms with van der Waals surface area (Å²) in [5, 5.41) is 10.2. The molecule has 0 saturated heterocycles. The molecule has 0 saturated carbocycles. The predicted octanol–water partition coefficient (Wildman–Crippen LogP) is 1.21. The molecule has 18 heavy (non-hydrogen) atoms. The highest BCUT2D eigenvalue weighted by Crippen LogP contribution is 2.32. The van der Waals surface area contributed by atoms with Crippen LogP contribution in [-0.4, -0.2) is 35.0 Å². The van der Waals surface area contributed by atoms with Crippen molar-refractivity contribution >= 4 is 21.7 Å². The molecule has 98 valence electrons. The van der Waals surface area contributed by atoms with Crippen molar-refractivity contribution in [2.75, 3.05) is 20.3 Å². The molecule has 2 aromatic rings. The molecule has 0 spiro atoms. The van der Waals surface area contributed by atoms with Gasteiger partial charge in [0.15, 0.2) is 5.65 Å². The van der Waals surface area contributed by atoms with Gasteiger partial charge in [0, 0.05) is 13.2 Å². The first-order valence-electron chi connectivity index (χ1n) is 5.52. The van der Waals surface area contributed by atoms with Crippen molar-refractivity contribution in [1.29, 1.82) is 0 Å². The minimum Gasteiger partial charge on any atom is -0.506 e. The molecular formula is C11H14N2O4S. The molecule has 0 radical (unpaired) electrons. The van der Waals surface area contributed by atoms with Gasteiger partial charge in [0.05, 0.1) is 19.8 Å². The average molecular weight is 270 g/mol. The molecule has 0 aromatic carbocycles. The molecular weight excluding hydrogens is 256 g/mol. The number of hydrogen-bond donors (Lipinski definition) is 1. The number of nitrogens with zero attached hydrogens (tertiary/aromatic N) is 2. The van der Waals surface area contributed by atoms with Gasteiger partial charge >= 0.3 is 0 Å². The van der Waals surface area contributed by atoms with Crippen LogP contribution in [0, 0.1) is 0 Å². The Bertz CT molecular complexity index is 605. The van der Waals surface area contributed by atoms with Gasteiger partial charge in [-0.2, -0.15) is 4.98 Å². The molecule has 2 heterocycles. The van der Waals surface area contributed by atoms with E-state index in [1.54, 1.807) is 7.11 Å². The Labute approximate surface area is 107 Å². The van der Waals surface area contributed by atoms with Gasteiger partial charge in [0.2, 0.25) is 0 Å². The lowest BCUT2D eigenvalue weighted by atomic mass is 10.4. The molecule has 0 atom stereocenters. The second-order valence-corrected chi connectivity index (χ2v) is 4.54. The number of rotatable bonds is 5. The van der Waals surface area contributed by atoms with E-state index in [4.69, 9.17) is 9.47 Å². The highest BCUT2D eigenvalue weighted by Gasteiger charge is 2.14. The van der Waals surface area contributed by atoms with Crippen LogP contribution in [0.25, 0.3) is 10.3 Å². The van der Waals surface area contributed by atoms with E-state index in [-0.39, 0.29) is 11.3 Å². The van der Waals surface area contributed by atoms with Crippen LogP contribution in [-0.2, 0) is 11.3 Å². The Balaban J connectivity index is 2.57. The zero-order valence-electron chi connectivity index (χ0n) is 10.2. The number of aromatic hydroxyl groups is 1. The van der Waals surface area contributed by atoms with Gasteiger partial charge in [-0.3, -0.25) is 9.36 Å². The van der Waals surface area contributed by atoms with Crippen molar-refractivity contribution in [3.05, 3.63) is 16.4 Å². The first-order chi connectivity index (χ1) is 8.67. The lowest BCUT2D eigenvalue weighted by Gasteiger charge is -2.05. The molecule has 2 rings (SSSR count). The van der Waals surface area contributed by atoms with E-state index < -0.39 is 0 Å². The Morgan fingerprint density at radius 1 is 1.56 bits per heavy atom. The third-order valence-electron chi connectivity index (χ3n) is 2.39. The molecule has 1 N–H and O–H groups in total. The summed E-state index contributed by atoms with van der Waals surface area (Å²) in [4.78, 5) is 16.0. The second kappa shape index (κ2) is 5.36. The Kier molecular flexibility index (Phi) is 3.83. The van der Waals surface area contributed by atoms with E-state index >= 15 is 0 Å². The van der Waals surface area contributed by atoms with Gasteiger partial charge in [-0.25, -0.2) is 0 Å². The Morgan fingerprint density at radius 2 is 2.33 bits per heavy atom. The Hall–Kier alpha value is -1.60. The monoisotopic (exact) mass is 270 g/mol. The fourth-order valence-electron chi connectivity index (χ4n) is 1.59. The number of aromatic nitrogens is 2. The number of ether oxygens (including phenoxy) is 2. The highest BCUT2D eigenvalue weighted by molar-refractivity contribution is 7.20. The first kappa shape index (κ1) is 12.8. The molecule has 0 bridgehead atoms. The summed E-state index contributed by atoms with van der Waals surface area (Å²) in [6.45, 7) is 3.13. The van der Waals surface area contributed by atoms with Crippen LogP contribution >= 0.6 is 11.3 Å². The molecule has 0 amide bonds. The second-order valence-electron chi connectivity index (χ2n) is 3.58. The van der Waals surface area contributed by atoms with Crippen LogP contribution in [0.2, 0.25) is 0 Å². The van der Waals surface area contributed by atoms with Crippen LogP contribution in [0.4, 0.5) is 0 Å². The third-order valence-corrected chi connectivity index (χ3v) is 3.37. The van der Waals surface area contributed by atoms with E-state index in [9.17, 15) is 9.90 Å². The third kappa shape index (κ3) is 2.32. The zero-order chi connectivity index (χ0) is 13.1. The number of pyridine rings is 1. The van der Waals surface area contributed by atoms with Crippen molar-refractivity contribution in [2.45, 2.75) is 13.5 Å². The van der Waals surface area contributed by atoms with E-state index in [1.165, 1.54) is 22.0 Å². The van der Waals surface area contributed by atoms with Gasteiger partial charge in [-0.15, -0.1) is 0 Å². The number of hydrogen-bond acceptors (Lipinski definition) is 6. The lowest BCUT2D eigenvalue weighted by Crippen LogP contribution is -2.21. The van der Waals surface area contributed by atoms with Crippen molar-refractivity contribution in [1.82, 2.24) is 9.55 Å². The topological polar surface area (TPSA) is 73.6 Å². The van der Waals surface area contributed by atoms with Crippen molar-refractivity contribution in [3.8, 4) is 10.9 Å². The first-order valence-corrected chi connectivity index (χ1v) is 6.34. The van der Waals surface area contributed by atoms with Crippen LogP contribution in [0.1, 0.15) is 6.92 Å². The smallest absolute Gasteiger partial charge is 0.275 e. The standard InChI is InChI=1S/C11H14N2O4S/c1-3-17-11-12-10-9(18-11)7(14)6-8(15)13(10)4-5-16-2/h6,14H,3-5H2,1-2H3. The summed E-state index contributed by atoms with van der Waals surface area (Å²) in [7, 11) is 1.56. The fraction of sp³-hybridized carbons (Fsp3) is 0.455. The average Bonchev–Trinajstić information content (AvgIpc) is 2.73. The van der Waals surface area contributed by atoms with Gasteiger partial charge in [-0.1, -0.05) is 11.3 Å². The minimum atomic E-state index is -0.301. The number of thiazole rings is 1. The minimum absolute atomic E-state index is 0.0629. The van der Waals surface area contributed by atoms with E-state index in [2.05, 4.69) is 4.98 Å². The maximum atomic E-state index is 11.8. The van der Waals surface area contributed by atoms with E-state index in [0.29, 0.717) is 35.3 Å². The van der Waals surface area contributed by atoms with Gasteiger partial charge in [0.25, 0.3) is 10.8 Å². The molecule has 0 aliphatic heterocycles. The normalized spacial score (nSPS) is 11.0. The summed E-state index contributed by atoms with van der Waals surface area (Å²) in [6.07, 6.45) is 0. The highest BCUT2D eigenvalue weighted by atomic mass is 32.1. The maximum absolute atomic E-state index is 11.8. The van der Waals surface area contributed by atoms with Gasteiger partial charge in [0.1, 0.15) is 10.4 Å². The summed E-state index contributed by atoms with van der Waals surface area (Å²) < 4.78 is 12.3. The lowest BCUT2D eigenvalue weighted by molar-refractivity contribution is 0.187. The van der Waals surface area contributed by atoms with Crippen LogP contribution in [0.5, 0.6) is 10.9 Å². The van der Waals surface area contributed by atoms with Gasteiger partial charge in [-0.05, 0) is 6.92 Å². The fourth-order valence-corrected chi connectivity index (χ4v) is 2.49. The quantitative estimate of drug-likeness (QED) is 0.884. The van der Waals surface area contributed by atoms with Crippen molar-refractivity contribution in [3.63, 3.8) is 0 Å². The molecule has 0 fully saturated rings. The van der Waals surface area contributed by atoms with Crippen LogP contribution < -0.4 is 10.3 Å². The van der Waals surface area contributed by atoms with E-state index in [0.717, 1.165) is 0 Å². The van der Waals surface area contributed by atoms with Gasteiger partial charge < -0.3 is 14.6 Å². The largest absolute Gasteiger partial charge is 0.506 e. The van der Waals surface area contributed by atoms with E-state index in [1.807, 2.05) is 6.92 Å². The maximum Gasteiger partial charge on any atom is 0.275 e. The molecule has 0 aliphatic carbocycles. The molecule has 0 unspecified atom stereocenters. The molecule has 7 heteroatoms. The Morgan fingerprint density at radius 3 is 3.00 bits per heavy atom. The predicted molar refractivity (Wildman–Crippen MR) is 68.6 cm³/mol. The molecule has 6 nitrogen and oxygen atoms in total. The van der Waals surface area contributed by atoms with Crippen LogP contribution in [0.3, 0.4) is 0 Å². The molecule has 0 aliphatic rings. The van der Waals surface area contributed by atoms with Crippen molar-refractivity contribution in [2.24, 2.45) is 0 Å². The summed E-state index contributed by atoms with van der Waals surface area (Å²) >= 11 is 1.22. The number of fused-ring (bicyclic) bond motifs is 1. The number of methoxy groups -OCH3 is 1. The van der Waals surface area contributed by atoms with Crippen molar-refractivity contribution < 1.29 is 14.6 Å². The summed E-state index contributed by atoms with van der Waals surface area (Å²) in [5.74, 6) is -0.0629. The van der Waals surface area contributed by atoms with Crippen LogP contribution in [0.15, 0.2) is 10.9 Å². The summed E-state index contributed by atoms with van der Waals surface area (Å²) in [6, 6.07) is 1.19. The zero-order valence-corrected chi connectivity index (χ0v) is 11.0. The molecule has 2 aromatic heterocycles. The SMILES string of the molecule is CCOc1nc2c(s1)c(O)cc(=O)n2CCOC.